The highest BCUT2D eigenvalue weighted by Gasteiger charge is 2.47. The maximum atomic E-state index is 13.1. The molecule has 1 heterocycles. The van der Waals surface area contributed by atoms with Crippen LogP contribution in [0.15, 0.2) is 59.5 Å². The molecule has 0 spiro atoms. The Morgan fingerprint density at radius 2 is 1.74 bits per heavy atom. The first-order chi connectivity index (χ1) is 12.5. The Hall–Kier alpha value is -1.47. The lowest BCUT2D eigenvalue weighted by Crippen LogP contribution is -2.34. The van der Waals surface area contributed by atoms with E-state index in [9.17, 15) is 12.8 Å². The Labute approximate surface area is 166 Å². The third-order valence-electron chi connectivity index (χ3n) is 5.71. The summed E-state index contributed by atoms with van der Waals surface area (Å²) >= 11 is 0. The van der Waals surface area contributed by atoms with E-state index >= 15 is 0 Å². The van der Waals surface area contributed by atoms with Gasteiger partial charge in [-0.25, -0.2) is 17.5 Å². The number of hydrogen-bond acceptors (Lipinski definition) is 3. The number of fused-ring (bicyclic) bond motifs is 1. The highest BCUT2D eigenvalue weighted by atomic mass is 35.5. The van der Waals surface area contributed by atoms with Gasteiger partial charge in [-0.2, -0.15) is 0 Å². The number of sulfonamides is 1. The topological polar surface area (TPSA) is 49.4 Å². The molecule has 1 aliphatic heterocycles. The SMILES string of the molecule is Cl.O=S(=O)(NCCN1CC2CC(c3ccc(F)cc3)C2C1)c1ccccc1. The first-order valence-electron chi connectivity index (χ1n) is 9.05. The molecule has 1 aliphatic carbocycles. The van der Waals surface area contributed by atoms with E-state index in [1.807, 2.05) is 12.1 Å². The molecule has 4 nitrogen and oxygen atoms in total. The average molecular weight is 411 g/mol. The number of benzene rings is 2. The lowest BCUT2D eigenvalue weighted by molar-refractivity contribution is 0.191. The molecule has 7 heteroatoms. The predicted octanol–water partition coefficient (Wildman–Crippen LogP) is 3.26. The van der Waals surface area contributed by atoms with E-state index in [-0.39, 0.29) is 18.2 Å². The highest BCUT2D eigenvalue weighted by molar-refractivity contribution is 7.89. The summed E-state index contributed by atoms with van der Waals surface area (Å²) < 4.78 is 40.3. The molecule has 2 aliphatic rings. The minimum atomic E-state index is -3.43. The zero-order chi connectivity index (χ0) is 18.1. The molecule has 1 N–H and O–H groups in total. The Kier molecular flexibility index (Phi) is 6.21. The van der Waals surface area contributed by atoms with Crippen molar-refractivity contribution in [3.8, 4) is 0 Å². The summed E-state index contributed by atoms with van der Waals surface area (Å²) in [7, 11) is -3.43. The molecule has 1 saturated carbocycles. The summed E-state index contributed by atoms with van der Waals surface area (Å²) in [5.74, 6) is 1.59. The maximum absolute atomic E-state index is 13.1. The van der Waals surface area contributed by atoms with E-state index in [2.05, 4.69) is 9.62 Å². The van der Waals surface area contributed by atoms with Crippen molar-refractivity contribution in [1.29, 1.82) is 0 Å². The molecule has 2 aromatic carbocycles. The van der Waals surface area contributed by atoms with Crippen LogP contribution < -0.4 is 4.72 Å². The van der Waals surface area contributed by atoms with E-state index in [0.717, 1.165) is 26.1 Å². The Balaban J connectivity index is 0.00000210. The molecule has 1 saturated heterocycles. The highest BCUT2D eigenvalue weighted by Crippen LogP contribution is 2.51. The van der Waals surface area contributed by atoms with Crippen molar-refractivity contribution in [2.45, 2.75) is 17.2 Å². The fourth-order valence-corrected chi connectivity index (χ4v) is 5.34. The van der Waals surface area contributed by atoms with E-state index in [0.29, 0.717) is 29.2 Å². The van der Waals surface area contributed by atoms with Gasteiger partial charge in [0.2, 0.25) is 10.0 Å². The molecular weight excluding hydrogens is 387 g/mol. The summed E-state index contributed by atoms with van der Waals surface area (Å²) in [5.41, 5.74) is 1.22. The Morgan fingerprint density at radius 1 is 1.04 bits per heavy atom. The summed E-state index contributed by atoms with van der Waals surface area (Å²) in [6.07, 6.45) is 1.14. The molecule has 0 bridgehead atoms. The van der Waals surface area contributed by atoms with Crippen LogP contribution in [0.25, 0.3) is 0 Å². The number of rotatable bonds is 6. The van der Waals surface area contributed by atoms with Crippen LogP contribution in [0.5, 0.6) is 0 Å². The zero-order valence-electron chi connectivity index (χ0n) is 14.9. The van der Waals surface area contributed by atoms with Crippen molar-refractivity contribution >= 4 is 22.4 Å². The number of likely N-dealkylation sites (tertiary alicyclic amines) is 1. The lowest BCUT2D eigenvalue weighted by atomic mass is 9.64. The van der Waals surface area contributed by atoms with Gasteiger partial charge in [0.15, 0.2) is 0 Å². The molecule has 2 fully saturated rings. The van der Waals surface area contributed by atoms with Crippen LogP contribution in [-0.2, 0) is 10.0 Å². The van der Waals surface area contributed by atoms with E-state index in [1.54, 1.807) is 30.3 Å². The molecular formula is C20H24ClFN2O2S. The van der Waals surface area contributed by atoms with Crippen LogP contribution in [-0.4, -0.2) is 39.5 Å². The van der Waals surface area contributed by atoms with Gasteiger partial charge in [0, 0.05) is 26.2 Å². The fourth-order valence-electron chi connectivity index (χ4n) is 4.30. The lowest BCUT2D eigenvalue weighted by Gasteiger charge is -2.40. The molecule has 27 heavy (non-hydrogen) atoms. The second kappa shape index (κ2) is 8.27. The fraction of sp³-hybridized carbons (Fsp3) is 0.400. The van der Waals surface area contributed by atoms with Crippen LogP contribution in [0.3, 0.4) is 0 Å². The molecule has 0 amide bonds. The third-order valence-corrected chi connectivity index (χ3v) is 7.19. The quantitative estimate of drug-likeness (QED) is 0.795. The molecule has 146 valence electrons. The van der Waals surface area contributed by atoms with Gasteiger partial charge in [0.1, 0.15) is 5.82 Å². The number of nitrogens with zero attached hydrogens (tertiary/aromatic N) is 1. The first kappa shape index (κ1) is 20.3. The van der Waals surface area contributed by atoms with Crippen molar-refractivity contribution < 1.29 is 12.8 Å². The van der Waals surface area contributed by atoms with Gasteiger partial charge in [-0.1, -0.05) is 30.3 Å². The minimum absolute atomic E-state index is 0. The van der Waals surface area contributed by atoms with Crippen LogP contribution >= 0.6 is 12.4 Å². The van der Waals surface area contributed by atoms with Gasteiger partial charge < -0.3 is 4.90 Å². The predicted molar refractivity (Wildman–Crippen MR) is 106 cm³/mol. The minimum Gasteiger partial charge on any atom is -0.301 e. The van der Waals surface area contributed by atoms with Crippen molar-refractivity contribution in [3.05, 3.63) is 66.0 Å². The standard InChI is InChI=1S/C20H23FN2O2S.ClH/c21-17-8-6-15(7-9-17)19-12-16-13-23(14-20(16)19)11-10-22-26(24,25)18-4-2-1-3-5-18;/h1-9,16,19-20,22H,10-14H2;1H. The Bertz CT molecular complexity index is 861. The molecule has 3 atom stereocenters. The second-order valence-corrected chi connectivity index (χ2v) is 9.06. The summed E-state index contributed by atoms with van der Waals surface area (Å²) in [5, 5.41) is 0. The van der Waals surface area contributed by atoms with Gasteiger partial charge in [-0.3, -0.25) is 0 Å². The van der Waals surface area contributed by atoms with Crippen molar-refractivity contribution in [1.82, 2.24) is 9.62 Å². The molecule has 0 radical (unpaired) electrons. The van der Waals surface area contributed by atoms with E-state index in [1.165, 1.54) is 17.7 Å². The van der Waals surface area contributed by atoms with E-state index in [4.69, 9.17) is 0 Å². The average Bonchev–Trinajstić information content (AvgIpc) is 2.94. The number of hydrogen-bond donors (Lipinski definition) is 1. The van der Waals surface area contributed by atoms with Crippen molar-refractivity contribution in [2.24, 2.45) is 11.8 Å². The first-order valence-corrected chi connectivity index (χ1v) is 10.5. The van der Waals surface area contributed by atoms with Crippen LogP contribution in [0, 0.1) is 17.7 Å². The number of halogens is 2. The third kappa shape index (κ3) is 4.35. The van der Waals surface area contributed by atoms with Gasteiger partial charge >= 0.3 is 0 Å². The maximum Gasteiger partial charge on any atom is 0.240 e. The summed E-state index contributed by atoms with van der Waals surface area (Å²) in [6.45, 7) is 3.14. The van der Waals surface area contributed by atoms with Gasteiger partial charge in [-0.05, 0) is 54.0 Å². The van der Waals surface area contributed by atoms with Gasteiger partial charge in [0.05, 0.1) is 4.90 Å². The van der Waals surface area contributed by atoms with Crippen molar-refractivity contribution in [2.75, 3.05) is 26.2 Å². The smallest absolute Gasteiger partial charge is 0.240 e. The largest absolute Gasteiger partial charge is 0.301 e. The van der Waals surface area contributed by atoms with Crippen LogP contribution in [0.1, 0.15) is 17.9 Å². The monoisotopic (exact) mass is 410 g/mol. The Morgan fingerprint density at radius 3 is 2.44 bits per heavy atom. The van der Waals surface area contributed by atoms with Gasteiger partial charge in [0.25, 0.3) is 0 Å². The van der Waals surface area contributed by atoms with E-state index < -0.39 is 10.0 Å². The van der Waals surface area contributed by atoms with Crippen LogP contribution in [0.2, 0.25) is 0 Å². The second-order valence-electron chi connectivity index (χ2n) is 7.29. The van der Waals surface area contributed by atoms with Crippen LogP contribution in [0.4, 0.5) is 4.39 Å². The molecule has 2 aromatic rings. The normalized spacial score (nSPS) is 24.7. The van der Waals surface area contributed by atoms with Gasteiger partial charge in [-0.15, -0.1) is 12.4 Å². The molecule has 0 aromatic heterocycles. The molecule has 4 rings (SSSR count). The molecule has 3 unspecified atom stereocenters. The van der Waals surface area contributed by atoms with Crippen molar-refractivity contribution in [3.63, 3.8) is 0 Å². The zero-order valence-corrected chi connectivity index (χ0v) is 16.6. The summed E-state index contributed by atoms with van der Waals surface area (Å²) in [4.78, 5) is 2.64. The summed E-state index contributed by atoms with van der Waals surface area (Å²) in [6, 6.07) is 15.3. The number of nitrogens with one attached hydrogen (secondary N) is 1.